The van der Waals surface area contributed by atoms with Gasteiger partial charge in [0.2, 0.25) is 0 Å². The van der Waals surface area contributed by atoms with E-state index in [1.54, 1.807) is 6.20 Å². The zero-order chi connectivity index (χ0) is 14.1. The molecule has 1 saturated heterocycles. The maximum absolute atomic E-state index is 11.2. The molecule has 1 aliphatic rings. The Labute approximate surface area is 120 Å². The number of hydrogen-bond acceptors (Lipinski definition) is 4. The molecule has 5 nitrogen and oxygen atoms in total. The van der Waals surface area contributed by atoms with Gasteiger partial charge in [-0.25, -0.2) is 4.31 Å². The van der Waals surface area contributed by atoms with E-state index in [9.17, 15) is 8.76 Å². The molecule has 0 aliphatic carbocycles. The Hall–Kier alpha value is -1.34. The zero-order valence-corrected chi connectivity index (χ0v) is 12.0. The summed E-state index contributed by atoms with van der Waals surface area (Å²) in [4.78, 5) is 4.47. The second kappa shape index (κ2) is 5.57. The molecular formula is C14H16N3O2S-. The highest BCUT2D eigenvalue weighted by Crippen LogP contribution is 2.25. The van der Waals surface area contributed by atoms with Gasteiger partial charge < -0.3 is 9.87 Å². The van der Waals surface area contributed by atoms with Crippen molar-refractivity contribution in [2.45, 2.75) is 19.0 Å². The van der Waals surface area contributed by atoms with Crippen LogP contribution >= 0.6 is 0 Å². The second-order valence-corrected chi connectivity index (χ2v) is 6.05. The van der Waals surface area contributed by atoms with E-state index in [1.165, 1.54) is 4.31 Å². The standard InChI is InChI=1S/C14H17N3O2S/c1-10-8-17(20(18)19)9-13(16-10)14-12-5-3-2-4-11(12)6-7-15-14/h2-7,10,13,16H,8-9H2,1H3,(H,18,19)/p-1/t10-,13+/m1/s1. The van der Waals surface area contributed by atoms with E-state index in [-0.39, 0.29) is 12.1 Å². The van der Waals surface area contributed by atoms with E-state index in [4.69, 9.17) is 0 Å². The molecule has 0 radical (unpaired) electrons. The zero-order valence-electron chi connectivity index (χ0n) is 11.2. The first-order chi connectivity index (χ1) is 9.65. The third kappa shape index (κ3) is 2.60. The molecular weight excluding hydrogens is 274 g/mol. The first-order valence-electron chi connectivity index (χ1n) is 6.59. The highest BCUT2D eigenvalue weighted by molar-refractivity contribution is 7.76. The average Bonchev–Trinajstić information content (AvgIpc) is 2.46. The number of pyridine rings is 1. The van der Waals surface area contributed by atoms with Crippen molar-refractivity contribution < 1.29 is 8.76 Å². The minimum absolute atomic E-state index is 0.0808. The van der Waals surface area contributed by atoms with Gasteiger partial charge in [0, 0.05) is 42.0 Å². The van der Waals surface area contributed by atoms with Gasteiger partial charge in [-0.15, -0.1) is 0 Å². The van der Waals surface area contributed by atoms with Crippen LogP contribution in [0.1, 0.15) is 18.7 Å². The number of piperazine rings is 1. The minimum Gasteiger partial charge on any atom is -0.760 e. The highest BCUT2D eigenvalue weighted by Gasteiger charge is 2.27. The molecule has 1 N–H and O–H groups in total. The number of aromatic nitrogens is 1. The predicted octanol–water partition coefficient (Wildman–Crippen LogP) is 1.36. The normalized spacial score (nSPS) is 25.7. The summed E-state index contributed by atoms with van der Waals surface area (Å²) < 4.78 is 23.9. The Morgan fingerprint density at radius 1 is 1.35 bits per heavy atom. The summed E-state index contributed by atoms with van der Waals surface area (Å²) in [5.41, 5.74) is 0.908. The molecule has 106 valence electrons. The maximum Gasteiger partial charge on any atom is 0.0664 e. The number of benzene rings is 1. The third-order valence-corrected chi connectivity index (χ3v) is 4.31. The fourth-order valence-corrected chi connectivity index (χ4v) is 3.36. The summed E-state index contributed by atoms with van der Waals surface area (Å²) >= 11 is -2.19. The monoisotopic (exact) mass is 290 g/mol. The lowest BCUT2D eigenvalue weighted by atomic mass is 10.0. The van der Waals surface area contributed by atoms with Gasteiger partial charge in [0.15, 0.2) is 0 Å². The largest absolute Gasteiger partial charge is 0.760 e. The highest BCUT2D eigenvalue weighted by atomic mass is 32.2. The summed E-state index contributed by atoms with van der Waals surface area (Å²) in [6.45, 7) is 2.90. The summed E-state index contributed by atoms with van der Waals surface area (Å²) in [6, 6.07) is 10.0. The molecule has 0 bridgehead atoms. The van der Waals surface area contributed by atoms with Crippen molar-refractivity contribution in [1.29, 1.82) is 0 Å². The van der Waals surface area contributed by atoms with E-state index in [2.05, 4.69) is 10.3 Å². The van der Waals surface area contributed by atoms with Crippen LogP contribution in [0.15, 0.2) is 36.5 Å². The van der Waals surface area contributed by atoms with Crippen molar-refractivity contribution in [3.8, 4) is 0 Å². The quantitative estimate of drug-likeness (QED) is 0.848. The number of nitrogens with one attached hydrogen (secondary N) is 1. The van der Waals surface area contributed by atoms with Crippen LogP contribution in [0.2, 0.25) is 0 Å². The van der Waals surface area contributed by atoms with Crippen LogP contribution in [0.5, 0.6) is 0 Å². The first kappa shape index (κ1) is 13.6. The van der Waals surface area contributed by atoms with Gasteiger partial charge in [-0.05, 0) is 18.4 Å². The van der Waals surface area contributed by atoms with Crippen LogP contribution in [0.4, 0.5) is 0 Å². The van der Waals surface area contributed by atoms with Crippen LogP contribution in [-0.2, 0) is 11.3 Å². The topological polar surface area (TPSA) is 68.3 Å². The van der Waals surface area contributed by atoms with E-state index < -0.39 is 11.3 Å². The first-order valence-corrected chi connectivity index (χ1v) is 7.62. The third-order valence-electron chi connectivity index (χ3n) is 3.59. The number of nitrogens with zero attached hydrogens (tertiary/aromatic N) is 2. The average molecular weight is 290 g/mol. The van der Waals surface area contributed by atoms with Crippen molar-refractivity contribution in [2.75, 3.05) is 13.1 Å². The van der Waals surface area contributed by atoms with Crippen molar-refractivity contribution in [3.63, 3.8) is 0 Å². The van der Waals surface area contributed by atoms with Crippen LogP contribution in [0.3, 0.4) is 0 Å². The molecule has 0 amide bonds. The molecule has 1 fully saturated rings. The van der Waals surface area contributed by atoms with Crippen LogP contribution in [0.25, 0.3) is 10.8 Å². The van der Waals surface area contributed by atoms with Crippen LogP contribution in [0, 0.1) is 0 Å². The Balaban J connectivity index is 1.99. The molecule has 20 heavy (non-hydrogen) atoms. The molecule has 6 heteroatoms. The molecule has 3 atom stereocenters. The smallest absolute Gasteiger partial charge is 0.0664 e. The number of hydrogen-bond donors (Lipinski definition) is 1. The summed E-state index contributed by atoms with van der Waals surface area (Å²) in [5.74, 6) is 0. The lowest BCUT2D eigenvalue weighted by Gasteiger charge is -2.38. The van der Waals surface area contributed by atoms with Crippen molar-refractivity contribution in [3.05, 3.63) is 42.2 Å². The molecule has 1 aliphatic heterocycles. The predicted molar refractivity (Wildman–Crippen MR) is 77.6 cm³/mol. The van der Waals surface area contributed by atoms with Gasteiger partial charge >= 0.3 is 0 Å². The molecule has 2 heterocycles. The lowest BCUT2D eigenvalue weighted by Crippen LogP contribution is -2.51. The van der Waals surface area contributed by atoms with Crippen molar-refractivity contribution in [1.82, 2.24) is 14.6 Å². The minimum atomic E-state index is -2.19. The SMILES string of the molecule is C[C@@H]1CN(S(=O)[O-])C[C@@H](c2nccc3ccccc23)N1. The molecule has 1 aromatic carbocycles. The number of fused-ring (bicyclic) bond motifs is 1. The number of rotatable bonds is 2. The van der Waals surface area contributed by atoms with E-state index in [0.717, 1.165) is 16.5 Å². The molecule has 3 rings (SSSR count). The van der Waals surface area contributed by atoms with Gasteiger partial charge in [0.25, 0.3) is 0 Å². The summed E-state index contributed by atoms with van der Waals surface area (Å²) in [7, 11) is 0. The van der Waals surface area contributed by atoms with Crippen molar-refractivity contribution in [2.24, 2.45) is 0 Å². The Morgan fingerprint density at radius 2 is 2.15 bits per heavy atom. The summed E-state index contributed by atoms with van der Waals surface area (Å²) in [5, 5.41) is 5.62. The second-order valence-electron chi connectivity index (χ2n) is 5.10. The van der Waals surface area contributed by atoms with Crippen molar-refractivity contribution >= 4 is 22.0 Å². The molecule has 1 aromatic heterocycles. The van der Waals surface area contributed by atoms with Gasteiger partial charge in [-0.2, -0.15) is 0 Å². The van der Waals surface area contributed by atoms with Gasteiger partial charge in [-0.1, -0.05) is 24.3 Å². The Kier molecular flexibility index (Phi) is 3.80. The lowest BCUT2D eigenvalue weighted by molar-refractivity contribution is 0.247. The molecule has 1 unspecified atom stereocenters. The fourth-order valence-electron chi connectivity index (χ4n) is 2.74. The Morgan fingerprint density at radius 3 is 2.95 bits per heavy atom. The van der Waals surface area contributed by atoms with Crippen LogP contribution in [-0.4, -0.2) is 37.2 Å². The van der Waals surface area contributed by atoms with Gasteiger partial charge in [0.05, 0.1) is 11.7 Å². The molecule has 0 saturated carbocycles. The van der Waals surface area contributed by atoms with Gasteiger partial charge in [-0.3, -0.25) is 9.19 Å². The molecule has 0 spiro atoms. The van der Waals surface area contributed by atoms with E-state index >= 15 is 0 Å². The van der Waals surface area contributed by atoms with E-state index in [1.807, 2.05) is 37.3 Å². The Bertz CT molecular complexity index is 644. The maximum atomic E-state index is 11.2. The van der Waals surface area contributed by atoms with Gasteiger partial charge in [0.1, 0.15) is 0 Å². The van der Waals surface area contributed by atoms with E-state index in [0.29, 0.717) is 13.1 Å². The van der Waals surface area contributed by atoms with Crippen LogP contribution < -0.4 is 5.32 Å². The molecule has 2 aromatic rings. The summed E-state index contributed by atoms with van der Waals surface area (Å²) in [6.07, 6.45) is 1.77. The fraction of sp³-hybridized carbons (Fsp3) is 0.357.